The van der Waals surface area contributed by atoms with Gasteiger partial charge in [0, 0.05) is 65.6 Å². The Morgan fingerprint density at radius 3 is 2.22 bits per heavy atom. The van der Waals surface area contributed by atoms with Gasteiger partial charge < -0.3 is 57.6 Å². The van der Waals surface area contributed by atoms with Gasteiger partial charge in [0.05, 0.1) is 30.8 Å². The number of rotatable bonds is 16. The molecule has 4 heterocycles. The van der Waals surface area contributed by atoms with Crippen molar-refractivity contribution < 1.29 is 66.3 Å². The van der Waals surface area contributed by atoms with E-state index >= 15 is 0 Å². The first-order chi connectivity index (χ1) is 30.5. The van der Waals surface area contributed by atoms with Crippen molar-refractivity contribution in [3.63, 3.8) is 0 Å². The van der Waals surface area contributed by atoms with Crippen LogP contribution in [0.1, 0.15) is 111 Å². The minimum atomic E-state index is -1.05. The van der Waals surface area contributed by atoms with Gasteiger partial charge in [-0.2, -0.15) is 0 Å². The lowest BCUT2D eigenvalue weighted by atomic mass is 9.84. The fourth-order valence-corrected chi connectivity index (χ4v) is 8.70. The molecule has 13 unspecified atom stereocenters. The van der Waals surface area contributed by atoms with E-state index in [0.29, 0.717) is 36.3 Å². The van der Waals surface area contributed by atoms with E-state index in [0.717, 1.165) is 0 Å². The van der Waals surface area contributed by atoms with Gasteiger partial charge in [0.25, 0.3) is 0 Å². The smallest absolute Gasteiger partial charge is 0.404 e. The summed E-state index contributed by atoms with van der Waals surface area (Å²) in [5.41, 5.74) is 6.59. The molecule has 3 aromatic rings. The van der Waals surface area contributed by atoms with Crippen LogP contribution in [-0.4, -0.2) is 115 Å². The number of cyclic esters (lactones) is 1. The van der Waals surface area contributed by atoms with E-state index in [1.807, 2.05) is 47.6 Å². The SMILES string of the molecule is COC(CC1OC(=O)CC(OC(N)=O)CC(C)CC(O)C(C)C(OC)c2coc(n2)-c2coc(n2)-c2coc(n2)C=CCC(OC)C1C)C(C)CCC(=O)C(C)C(OC)C(C)CCO. The van der Waals surface area contributed by atoms with Crippen molar-refractivity contribution in [3.8, 4) is 23.2 Å². The highest BCUT2D eigenvalue weighted by atomic mass is 16.6. The number of ether oxygens (including phenoxy) is 6. The lowest BCUT2D eigenvalue weighted by molar-refractivity contribution is -0.160. The van der Waals surface area contributed by atoms with Crippen LogP contribution in [0.2, 0.25) is 0 Å². The number of ketones is 1. The second-order valence-corrected chi connectivity index (χ2v) is 17.4. The standard InChI is InChI=1S/C46H70N4O14/c1-25-18-31(63-46(47)55)20-41(54)64-39(21-38(57-8)26(2)14-15-35(52)28(4)42(58-9)27(3)16-17-51)30(6)37(56-7)12-11-13-40-48-33(23-60-40)44-50-34(24-62-44)45-49-32(22-61-45)43(59-10)29(5)36(53)19-25/h11,13,22-31,36-39,42-43,51,53H,12,14-21H2,1-10H3,(H2,47,55). The molecule has 358 valence electrons. The van der Waals surface area contributed by atoms with Crippen LogP contribution < -0.4 is 5.73 Å². The molecule has 1 aliphatic rings. The Bertz CT molecular complexity index is 1910. The Labute approximate surface area is 375 Å². The number of esters is 1. The van der Waals surface area contributed by atoms with Crippen molar-refractivity contribution in [1.29, 1.82) is 0 Å². The molecule has 13 atom stereocenters. The first kappa shape index (κ1) is 52.2. The third kappa shape index (κ3) is 14.5. The van der Waals surface area contributed by atoms with Gasteiger partial charge in [-0.3, -0.25) is 9.59 Å². The number of nitrogens with zero attached hydrogens (tertiary/aromatic N) is 3. The minimum absolute atomic E-state index is 0.00195. The highest BCUT2D eigenvalue weighted by molar-refractivity contribution is 5.81. The molecule has 4 N–H and O–H groups in total. The van der Waals surface area contributed by atoms with Gasteiger partial charge in [-0.1, -0.05) is 47.6 Å². The van der Waals surface area contributed by atoms with Crippen molar-refractivity contribution in [2.45, 2.75) is 136 Å². The highest BCUT2D eigenvalue weighted by Gasteiger charge is 2.36. The minimum Gasteiger partial charge on any atom is -0.462 e. The second kappa shape index (κ2) is 25.3. The van der Waals surface area contributed by atoms with Crippen LogP contribution >= 0.6 is 0 Å². The third-order valence-electron chi connectivity index (χ3n) is 12.7. The fourth-order valence-electron chi connectivity index (χ4n) is 8.70. The molecule has 0 fully saturated rings. The van der Waals surface area contributed by atoms with E-state index in [4.69, 9.17) is 47.4 Å². The molecular formula is C46H70N4O14. The van der Waals surface area contributed by atoms with E-state index in [2.05, 4.69) is 15.0 Å². The summed E-state index contributed by atoms with van der Waals surface area (Å²) in [4.78, 5) is 53.0. The van der Waals surface area contributed by atoms with Crippen molar-refractivity contribution in [3.05, 3.63) is 36.5 Å². The number of carbonyl (C=O) groups excluding carboxylic acids is 3. The Morgan fingerprint density at radius 2 is 1.56 bits per heavy atom. The lowest BCUT2D eigenvalue weighted by Crippen LogP contribution is -2.39. The number of oxazole rings is 3. The number of hydrogen-bond donors (Lipinski definition) is 3. The summed E-state index contributed by atoms with van der Waals surface area (Å²) in [5.74, 6) is -1.54. The van der Waals surface area contributed by atoms with Crippen LogP contribution in [0.4, 0.5) is 4.79 Å². The number of carbonyl (C=O) groups is 3. The molecule has 4 rings (SSSR count). The average molecular weight is 903 g/mol. The van der Waals surface area contributed by atoms with Gasteiger partial charge in [0.1, 0.15) is 48.6 Å². The van der Waals surface area contributed by atoms with E-state index in [1.165, 1.54) is 25.9 Å². The van der Waals surface area contributed by atoms with Crippen LogP contribution in [0.5, 0.6) is 0 Å². The number of hydrogen-bond acceptors (Lipinski definition) is 17. The molecule has 0 spiro atoms. The van der Waals surface area contributed by atoms with Gasteiger partial charge in [0.15, 0.2) is 11.4 Å². The number of methoxy groups -OCH3 is 4. The summed E-state index contributed by atoms with van der Waals surface area (Å²) >= 11 is 0. The van der Waals surface area contributed by atoms with Gasteiger partial charge >= 0.3 is 12.1 Å². The molecule has 0 radical (unpaired) electrons. The molecule has 1 amide bonds. The molecule has 1 aliphatic heterocycles. The van der Waals surface area contributed by atoms with Gasteiger partial charge in [0.2, 0.25) is 17.7 Å². The maximum atomic E-state index is 13.9. The highest BCUT2D eigenvalue weighted by Crippen LogP contribution is 2.34. The molecule has 0 aliphatic carbocycles. The summed E-state index contributed by atoms with van der Waals surface area (Å²) in [5, 5.41) is 20.9. The first-order valence-electron chi connectivity index (χ1n) is 22.2. The molecule has 3 aromatic heterocycles. The number of aromatic nitrogens is 3. The zero-order chi connectivity index (χ0) is 47.1. The summed E-state index contributed by atoms with van der Waals surface area (Å²) in [7, 11) is 6.25. The van der Waals surface area contributed by atoms with E-state index < -0.39 is 60.5 Å². The summed E-state index contributed by atoms with van der Waals surface area (Å²) in [6.07, 6.45) is 4.38. The monoisotopic (exact) mass is 902 g/mol. The van der Waals surface area contributed by atoms with Gasteiger partial charge in [-0.15, -0.1) is 0 Å². The van der Waals surface area contributed by atoms with Gasteiger partial charge in [-0.05, 0) is 55.9 Å². The summed E-state index contributed by atoms with van der Waals surface area (Å²) in [6.45, 7) is 11.4. The molecule has 0 saturated carbocycles. The van der Waals surface area contributed by atoms with Crippen molar-refractivity contribution >= 4 is 23.9 Å². The van der Waals surface area contributed by atoms with Crippen LogP contribution in [0.25, 0.3) is 29.2 Å². The van der Waals surface area contributed by atoms with Gasteiger partial charge in [-0.25, -0.2) is 19.7 Å². The molecule has 0 saturated heterocycles. The zero-order valence-electron chi connectivity index (χ0n) is 39.0. The van der Waals surface area contributed by atoms with E-state index in [-0.39, 0.29) is 91.9 Å². The number of amides is 1. The Balaban J connectivity index is 1.62. The van der Waals surface area contributed by atoms with Crippen LogP contribution in [-0.2, 0) is 38.0 Å². The predicted octanol–water partition coefficient (Wildman–Crippen LogP) is 6.98. The number of aliphatic hydroxyl groups excluding tert-OH is 2. The predicted molar refractivity (Wildman–Crippen MR) is 233 cm³/mol. The summed E-state index contributed by atoms with van der Waals surface area (Å²) < 4.78 is 52.3. The van der Waals surface area contributed by atoms with Crippen LogP contribution in [0.3, 0.4) is 0 Å². The largest absolute Gasteiger partial charge is 0.462 e. The Hall–Kier alpha value is -4.46. The molecule has 64 heavy (non-hydrogen) atoms. The van der Waals surface area contributed by atoms with Crippen molar-refractivity contribution in [2.75, 3.05) is 35.0 Å². The quantitative estimate of drug-likeness (QED) is 0.123. The molecule has 18 nitrogen and oxygen atoms in total. The first-order valence-corrected chi connectivity index (χ1v) is 22.2. The normalized spacial score (nSPS) is 26.4. The van der Waals surface area contributed by atoms with Crippen LogP contribution in [0, 0.1) is 35.5 Å². The molecule has 18 heteroatoms. The Morgan fingerprint density at radius 1 is 0.875 bits per heavy atom. The molecular weight excluding hydrogens is 833 g/mol. The lowest BCUT2D eigenvalue weighted by Gasteiger charge is -2.34. The zero-order valence-corrected chi connectivity index (χ0v) is 39.0. The number of fused-ring (bicyclic) bond motifs is 8. The average Bonchev–Trinajstić information content (AvgIpc) is 4.05. The number of primary amides is 1. The van der Waals surface area contributed by atoms with E-state index in [1.54, 1.807) is 27.4 Å². The summed E-state index contributed by atoms with van der Waals surface area (Å²) in [6, 6.07) is 0. The fraction of sp³-hybridized carbons (Fsp3) is 0.696. The molecule has 0 aromatic carbocycles. The van der Waals surface area contributed by atoms with Crippen LogP contribution in [0.15, 0.2) is 38.1 Å². The number of aliphatic hydroxyl groups is 2. The Kier molecular flexibility index (Phi) is 20.6. The van der Waals surface area contributed by atoms with E-state index in [9.17, 15) is 24.6 Å². The second-order valence-electron chi connectivity index (χ2n) is 17.4. The topological polar surface area (TPSA) is 251 Å². The maximum Gasteiger partial charge on any atom is 0.404 e. The number of Topliss-reactive ketones (excluding diaryl/α,β-unsaturated/α-hetero) is 1. The third-order valence-corrected chi connectivity index (χ3v) is 12.7. The maximum absolute atomic E-state index is 13.9. The van der Waals surface area contributed by atoms with Crippen molar-refractivity contribution in [2.24, 2.45) is 41.2 Å². The van der Waals surface area contributed by atoms with Crippen molar-refractivity contribution in [1.82, 2.24) is 15.0 Å². The molecule has 6 bridgehead atoms. The number of nitrogens with two attached hydrogens (primary N) is 1.